The van der Waals surface area contributed by atoms with Crippen LogP contribution < -0.4 is 16.2 Å². The Hall–Kier alpha value is -2.66. The summed E-state index contributed by atoms with van der Waals surface area (Å²) in [7, 11) is 1.98. The minimum atomic E-state index is -0.157. The third-order valence-corrected chi connectivity index (χ3v) is 4.26. The minimum absolute atomic E-state index is 0.157. The van der Waals surface area contributed by atoms with Gasteiger partial charge in [0.2, 0.25) is 0 Å². The highest BCUT2D eigenvalue weighted by atomic mass is 16.1. The molecule has 0 unspecified atom stereocenters. The molecule has 1 heterocycles. The summed E-state index contributed by atoms with van der Waals surface area (Å²) in [5, 5.41) is 15.0. The lowest BCUT2D eigenvalue weighted by Crippen LogP contribution is -2.09. The highest BCUT2D eigenvalue weighted by Gasteiger charge is 2.08. The van der Waals surface area contributed by atoms with E-state index in [1.807, 2.05) is 43.4 Å². The number of rotatable bonds is 8. The molecule has 0 saturated carbocycles. The average molecular weight is 336 g/mol. The SMILES string of the molecule is CNCCCCCNc1cccc(-c2n[nH]c(=O)c3ccccc23)c1. The van der Waals surface area contributed by atoms with Gasteiger partial charge in [-0.1, -0.05) is 36.8 Å². The number of benzene rings is 2. The van der Waals surface area contributed by atoms with E-state index in [1.54, 1.807) is 0 Å². The van der Waals surface area contributed by atoms with Crippen molar-refractivity contribution in [3.63, 3.8) is 0 Å². The lowest BCUT2D eigenvalue weighted by molar-refractivity contribution is 0.655. The van der Waals surface area contributed by atoms with E-state index in [0.717, 1.165) is 41.8 Å². The Labute approximate surface area is 147 Å². The maximum atomic E-state index is 11.9. The number of nitrogens with zero attached hydrogens (tertiary/aromatic N) is 1. The van der Waals surface area contributed by atoms with E-state index in [9.17, 15) is 4.79 Å². The lowest BCUT2D eigenvalue weighted by Gasteiger charge is -2.09. The van der Waals surface area contributed by atoms with Crippen molar-refractivity contribution in [1.82, 2.24) is 15.5 Å². The van der Waals surface area contributed by atoms with Gasteiger partial charge in [-0.05, 0) is 44.6 Å². The van der Waals surface area contributed by atoms with Gasteiger partial charge in [0.25, 0.3) is 5.56 Å². The van der Waals surface area contributed by atoms with Gasteiger partial charge in [-0.15, -0.1) is 0 Å². The fourth-order valence-corrected chi connectivity index (χ4v) is 2.95. The molecule has 0 aliphatic carbocycles. The fourth-order valence-electron chi connectivity index (χ4n) is 2.95. The third-order valence-electron chi connectivity index (χ3n) is 4.26. The number of anilines is 1. The molecule has 0 aliphatic heterocycles. The Morgan fingerprint density at radius 1 is 0.960 bits per heavy atom. The van der Waals surface area contributed by atoms with E-state index >= 15 is 0 Å². The van der Waals surface area contributed by atoms with Gasteiger partial charge in [0.05, 0.1) is 11.1 Å². The van der Waals surface area contributed by atoms with Gasteiger partial charge in [0.1, 0.15) is 0 Å². The zero-order valence-corrected chi connectivity index (χ0v) is 14.5. The number of H-pyrrole nitrogens is 1. The Morgan fingerprint density at radius 3 is 2.60 bits per heavy atom. The van der Waals surface area contributed by atoms with Crippen LogP contribution in [0.2, 0.25) is 0 Å². The van der Waals surface area contributed by atoms with Crippen LogP contribution in [0.1, 0.15) is 19.3 Å². The van der Waals surface area contributed by atoms with Crippen molar-refractivity contribution in [2.45, 2.75) is 19.3 Å². The summed E-state index contributed by atoms with van der Waals surface area (Å²) in [6.45, 7) is 2.02. The molecule has 3 aromatic rings. The number of nitrogens with one attached hydrogen (secondary N) is 3. The van der Waals surface area contributed by atoms with Gasteiger partial charge in [0.15, 0.2) is 0 Å². The van der Waals surface area contributed by atoms with Crippen LogP contribution in [-0.4, -0.2) is 30.3 Å². The highest BCUT2D eigenvalue weighted by molar-refractivity contribution is 5.94. The molecule has 2 aromatic carbocycles. The largest absolute Gasteiger partial charge is 0.385 e. The Morgan fingerprint density at radius 2 is 1.76 bits per heavy atom. The molecule has 3 rings (SSSR count). The summed E-state index contributed by atoms with van der Waals surface area (Å²) in [6, 6.07) is 15.7. The van der Waals surface area contributed by atoms with E-state index < -0.39 is 0 Å². The molecule has 0 saturated heterocycles. The molecule has 3 N–H and O–H groups in total. The molecule has 130 valence electrons. The van der Waals surface area contributed by atoms with E-state index in [4.69, 9.17) is 0 Å². The quantitative estimate of drug-likeness (QED) is 0.552. The number of hydrogen-bond acceptors (Lipinski definition) is 4. The van der Waals surface area contributed by atoms with Crippen LogP contribution in [0.15, 0.2) is 53.3 Å². The average Bonchev–Trinajstić information content (AvgIpc) is 2.65. The van der Waals surface area contributed by atoms with Crippen LogP contribution in [0.4, 0.5) is 5.69 Å². The molecule has 25 heavy (non-hydrogen) atoms. The number of fused-ring (bicyclic) bond motifs is 1. The van der Waals surface area contributed by atoms with Crippen molar-refractivity contribution in [1.29, 1.82) is 0 Å². The Kier molecular flexibility index (Phi) is 5.80. The molecule has 0 aliphatic rings. The second kappa shape index (κ2) is 8.44. The van der Waals surface area contributed by atoms with Gasteiger partial charge in [0, 0.05) is 23.2 Å². The summed E-state index contributed by atoms with van der Waals surface area (Å²) in [4.78, 5) is 11.9. The third kappa shape index (κ3) is 4.25. The van der Waals surface area contributed by atoms with E-state index in [2.05, 4.69) is 33.0 Å². The zero-order valence-electron chi connectivity index (χ0n) is 14.5. The molecule has 5 heteroatoms. The van der Waals surface area contributed by atoms with Crippen LogP contribution in [-0.2, 0) is 0 Å². The smallest absolute Gasteiger partial charge is 0.272 e. The second-order valence-corrected chi connectivity index (χ2v) is 6.12. The van der Waals surface area contributed by atoms with Crippen molar-refractivity contribution >= 4 is 16.5 Å². The summed E-state index contributed by atoms with van der Waals surface area (Å²) in [5.74, 6) is 0. The first kappa shape index (κ1) is 17.2. The van der Waals surface area contributed by atoms with Crippen LogP contribution in [0, 0.1) is 0 Å². The number of hydrogen-bond donors (Lipinski definition) is 3. The molecule has 0 amide bonds. The second-order valence-electron chi connectivity index (χ2n) is 6.12. The maximum Gasteiger partial charge on any atom is 0.272 e. The predicted molar refractivity (Wildman–Crippen MR) is 104 cm³/mol. The van der Waals surface area contributed by atoms with Gasteiger partial charge in [-0.3, -0.25) is 4.79 Å². The number of aromatic amines is 1. The molecule has 1 aromatic heterocycles. The minimum Gasteiger partial charge on any atom is -0.385 e. The maximum absolute atomic E-state index is 11.9. The monoisotopic (exact) mass is 336 g/mol. The van der Waals surface area contributed by atoms with Crippen molar-refractivity contribution in [2.75, 3.05) is 25.5 Å². The van der Waals surface area contributed by atoms with Crippen LogP contribution in [0.3, 0.4) is 0 Å². The first-order valence-electron chi connectivity index (χ1n) is 8.76. The fraction of sp³-hybridized carbons (Fsp3) is 0.300. The zero-order chi connectivity index (χ0) is 17.5. The van der Waals surface area contributed by atoms with Crippen molar-refractivity contribution in [2.24, 2.45) is 0 Å². The van der Waals surface area contributed by atoms with Crippen LogP contribution in [0.25, 0.3) is 22.0 Å². The summed E-state index contributed by atoms with van der Waals surface area (Å²) in [6.07, 6.45) is 3.55. The molecule has 0 fully saturated rings. The Balaban J connectivity index is 1.76. The van der Waals surface area contributed by atoms with E-state index in [1.165, 1.54) is 12.8 Å². The van der Waals surface area contributed by atoms with E-state index in [0.29, 0.717) is 5.39 Å². The predicted octanol–water partition coefficient (Wildman–Crippen LogP) is 3.39. The molecule has 0 radical (unpaired) electrons. The normalized spacial score (nSPS) is 10.9. The first-order valence-corrected chi connectivity index (χ1v) is 8.76. The number of unbranched alkanes of at least 4 members (excludes halogenated alkanes) is 2. The standard InChI is InChI=1S/C20H24N4O/c1-21-12-5-2-6-13-22-16-9-7-8-15(14-16)19-17-10-3-4-11-18(17)20(25)24-23-19/h3-4,7-11,14,21-22H,2,5-6,12-13H2,1H3,(H,24,25). The van der Waals surface area contributed by atoms with E-state index in [-0.39, 0.29) is 5.56 Å². The summed E-state index contributed by atoms with van der Waals surface area (Å²) >= 11 is 0. The van der Waals surface area contributed by atoms with Gasteiger partial charge in [-0.2, -0.15) is 5.10 Å². The van der Waals surface area contributed by atoms with Crippen LogP contribution in [0.5, 0.6) is 0 Å². The van der Waals surface area contributed by atoms with Crippen LogP contribution >= 0.6 is 0 Å². The van der Waals surface area contributed by atoms with Gasteiger partial charge < -0.3 is 10.6 Å². The van der Waals surface area contributed by atoms with Gasteiger partial charge >= 0.3 is 0 Å². The molecule has 0 spiro atoms. The van der Waals surface area contributed by atoms with Crippen molar-refractivity contribution in [3.05, 3.63) is 58.9 Å². The molecule has 0 bridgehead atoms. The summed E-state index contributed by atoms with van der Waals surface area (Å²) in [5.41, 5.74) is 2.71. The lowest BCUT2D eigenvalue weighted by atomic mass is 10.0. The first-order chi connectivity index (χ1) is 12.3. The molecule has 0 atom stereocenters. The molecular formula is C20H24N4O. The molecular weight excluding hydrogens is 312 g/mol. The van der Waals surface area contributed by atoms with Crippen molar-refractivity contribution in [3.8, 4) is 11.3 Å². The van der Waals surface area contributed by atoms with Gasteiger partial charge in [-0.25, -0.2) is 5.10 Å². The van der Waals surface area contributed by atoms with Crippen molar-refractivity contribution < 1.29 is 0 Å². The molecule has 5 nitrogen and oxygen atoms in total. The highest BCUT2D eigenvalue weighted by Crippen LogP contribution is 2.26. The Bertz CT molecular complexity index is 888. The number of aromatic nitrogens is 2. The summed E-state index contributed by atoms with van der Waals surface area (Å²) < 4.78 is 0. The topological polar surface area (TPSA) is 69.8 Å².